The van der Waals surface area contributed by atoms with Crippen molar-refractivity contribution in [1.29, 1.82) is 0 Å². The second kappa shape index (κ2) is 9.82. The molecule has 1 aliphatic carbocycles. The zero-order chi connectivity index (χ0) is 27.3. The number of ether oxygens (including phenoxy) is 2. The number of benzene rings is 2. The van der Waals surface area contributed by atoms with E-state index < -0.39 is 11.7 Å². The Hall–Kier alpha value is -3.66. The minimum Gasteiger partial charge on any atom is -0.491 e. The number of aromatic nitrogens is 3. The van der Waals surface area contributed by atoms with Gasteiger partial charge < -0.3 is 19.8 Å². The molecule has 1 aliphatic heterocycles. The first-order valence-corrected chi connectivity index (χ1v) is 14.3. The van der Waals surface area contributed by atoms with E-state index in [0.29, 0.717) is 24.1 Å². The number of hydrogen-bond acceptors (Lipinski definition) is 7. The van der Waals surface area contributed by atoms with E-state index in [9.17, 15) is 9.59 Å². The summed E-state index contributed by atoms with van der Waals surface area (Å²) in [4.78, 5) is 34.0. The van der Waals surface area contributed by atoms with Crippen LogP contribution in [0.3, 0.4) is 0 Å². The van der Waals surface area contributed by atoms with Crippen LogP contribution in [-0.2, 0) is 22.5 Å². The fourth-order valence-corrected chi connectivity index (χ4v) is 6.16. The van der Waals surface area contributed by atoms with Crippen molar-refractivity contribution in [1.82, 2.24) is 14.5 Å². The molecular weight excluding hydrogens is 514 g/mol. The fourth-order valence-electron chi connectivity index (χ4n) is 5.27. The van der Waals surface area contributed by atoms with Crippen LogP contribution in [0.2, 0.25) is 0 Å². The number of amides is 2. The highest BCUT2D eigenvalue weighted by molar-refractivity contribution is 7.22. The number of aryl methyl sites for hydroxylation is 1. The molecule has 4 aromatic rings. The van der Waals surface area contributed by atoms with E-state index in [0.717, 1.165) is 76.2 Å². The lowest BCUT2D eigenvalue weighted by Gasteiger charge is -2.18. The monoisotopic (exact) mass is 547 g/mol. The van der Waals surface area contributed by atoms with Crippen molar-refractivity contribution in [3.63, 3.8) is 0 Å². The number of primary amides is 1. The van der Waals surface area contributed by atoms with Crippen LogP contribution in [0, 0.1) is 11.8 Å². The van der Waals surface area contributed by atoms with Crippen LogP contribution in [0.25, 0.3) is 32.6 Å². The summed E-state index contributed by atoms with van der Waals surface area (Å²) in [6.45, 7) is 6.96. The number of rotatable bonds is 6. The maximum atomic E-state index is 12.2. The van der Waals surface area contributed by atoms with Gasteiger partial charge in [0.1, 0.15) is 22.7 Å². The van der Waals surface area contributed by atoms with Crippen molar-refractivity contribution >= 4 is 49.7 Å². The molecule has 1 atom stereocenters. The number of fused-ring (bicyclic) bond motifs is 1. The van der Waals surface area contributed by atoms with Crippen molar-refractivity contribution in [3.8, 4) is 17.1 Å². The minimum atomic E-state index is -0.587. The first-order valence-electron chi connectivity index (χ1n) is 13.5. The summed E-state index contributed by atoms with van der Waals surface area (Å²) in [5.74, 6) is 1.67. The summed E-state index contributed by atoms with van der Waals surface area (Å²) in [7, 11) is 0. The maximum Gasteiger partial charge on any atom is 0.413 e. The van der Waals surface area contributed by atoms with Crippen molar-refractivity contribution in [3.05, 3.63) is 35.9 Å². The zero-order valence-corrected chi connectivity index (χ0v) is 23.3. The molecule has 0 unspecified atom stereocenters. The van der Waals surface area contributed by atoms with Crippen molar-refractivity contribution in [2.24, 2.45) is 17.6 Å². The zero-order valence-electron chi connectivity index (χ0n) is 22.5. The fraction of sp³-hybridized carbons (Fsp3) is 0.448. The van der Waals surface area contributed by atoms with E-state index in [-0.39, 0.29) is 11.8 Å². The number of thiazole rings is 1. The van der Waals surface area contributed by atoms with Crippen LogP contribution >= 0.6 is 11.3 Å². The van der Waals surface area contributed by atoms with Gasteiger partial charge in [-0.2, -0.15) is 0 Å². The van der Waals surface area contributed by atoms with Gasteiger partial charge in [-0.05, 0) is 94.7 Å². The molecule has 2 aromatic heterocycles. The highest BCUT2D eigenvalue weighted by Crippen LogP contribution is 2.40. The van der Waals surface area contributed by atoms with Crippen LogP contribution in [0.15, 0.2) is 30.3 Å². The van der Waals surface area contributed by atoms with Crippen molar-refractivity contribution < 1.29 is 19.1 Å². The highest BCUT2D eigenvalue weighted by atomic mass is 32.1. The number of nitrogens with two attached hydrogens (primary N) is 1. The number of carbonyl (C=O) groups excluding carboxylic acids is 2. The Morgan fingerprint density at radius 2 is 2.00 bits per heavy atom. The molecule has 0 radical (unpaired) electrons. The van der Waals surface area contributed by atoms with Gasteiger partial charge in [0.25, 0.3) is 0 Å². The quantitative estimate of drug-likeness (QED) is 0.311. The van der Waals surface area contributed by atoms with E-state index in [1.807, 2.05) is 32.9 Å². The SMILES string of the molecule is CC(C)(C)OC(=O)Nc1nc2ccc(-c3nc4cc(C[C@H](C(N)=O)C5CC5)cc5c4n3CCCCO5)cc2s1. The molecule has 204 valence electrons. The molecule has 1 saturated carbocycles. The third-order valence-corrected chi connectivity index (χ3v) is 8.10. The predicted molar refractivity (Wildman–Crippen MR) is 152 cm³/mol. The van der Waals surface area contributed by atoms with Crippen LogP contribution < -0.4 is 15.8 Å². The lowest BCUT2D eigenvalue weighted by Crippen LogP contribution is -2.27. The number of anilines is 1. The number of imidazole rings is 1. The molecule has 2 aromatic carbocycles. The number of nitrogens with zero attached hydrogens (tertiary/aromatic N) is 3. The second-order valence-corrected chi connectivity index (χ2v) is 12.5. The van der Waals surface area contributed by atoms with Crippen molar-refractivity contribution in [2.75, 3.05) is 11.9 Å². The normalized spacial score (nSPS) is 16.4. The molecule has 3 heterocycles. The molecule has 39 heavy (non-hydrogen) atoms. The van der Waals surface area contributed by atoms with E-state index in [4.69, 9.17) is 20.2 Å². The molecule has 10 heteroatoms. The van der Waals surface area contributed by atoms with Gasteiger partial charge in [-0.25, -0.2) is 14.8 Å². The molecule has 2 amide bonds. The van der Waals surface area contributed by atoms with Gasteiger partial charge in [0.2, 0.25) is 5.91 Å². The van der Waals surface area contributed by atoms with Crippen LogP contribution in [0.5, 0.6) is 5.75 Å². The van der Waals surface area contributed by atoms with Gasteiger partial charge in [0.05, 0.1) is 22.3 Å². The Morgan fingerprint density at radius 3 is 2.74 bits per heavy atom. The molecule has 9 nitrogen and oxygen atoms in total. The first-order chi connectivity index (χ1) is 18.6. The Balaban J connectivity index is 1.36. The number of hydrogen-bond donors (Lipinski definition) is 2. The van der Waals surface area contributed by atoms with Gasteiger partial charge >= 0.3 is 6.09 Å². The summed E-state index contributed by atoms with van der Waals surface area (Å²) in [5, 5.41) is 3.23. The average Bonchev–Trinajstić information content (AvgIpc) is 3.49. The Labute approximate surface area is 230 Å². The van der Waals surface area contributed by atoms with Crippen LogP contribution in [-0.4, -0.2) is 38.7 Å². The highest BCUT2D eigenvalue weighted by Gasteiger charge is 2.35. The Morgan fingerprint density at radius 1 is 1.18 bits per heavy atom. The number of nitrogens with one attached hydrogen (secondary N) is 1. The topological polar surface area (TPSA) is 121 Å². The van der Waals surface area contributed by atoms with E-state index in [1.165, 1.54) is 11.3 Å². The molecule has 1 fully saturated rings. The molecule has 0 spiro atoms. The summed E-state index contributed by atoms with van der Waals surface area (Å²) < 4.78 is 14.8. The summed E-state index contributed by atoms with van der Waals surface area (Å²) in [6, 6.07) is 10.2. The number of carbonyl (C=O) groups is 2. The largest absolute Gasteiger partial charge is 0.491 e. The van der Waals surface area contributed by atoms with E-state index in [1.54, 1.807) is 0 Å². The van der Waals surface area contributed by atoms with Gasteiger partial charge in [-0.15, -0.1) is 0 Å². The van der Waals surface area contributed by atoms with Gasteiger partial charge in [0, 0.05) is 18.0 Å². The molecule has 0 saturated heterocycles. The molecule has 6 rings (SSSR count). The molecule has 0 bridgehead atoms. The summed E-state index contributed by atoms with van der Waals surface area (Å²) in [5.41, 5.74) is 9.78. The Kier molecular flexibility index (Phi) is 6.45. The molecule has 3 N–H and O–H groups in total. The smallest absolute Gasteiger partial charge is 0.413 e. The lowest BCUT2D eigenvalue weighted by molar-refractivity contribution is -0.122. The molecular formula is C29H33N5O4S. The van der Waals surface area contributed by atoms with E-state index >= 15 is 0 Å². The first kappa shape index (κ1) is 25.6. The predicted octanol–water partition coefficient (Wildman–Crippen LogP) is 5.89. The van der Waals surface area contributed by atoms with Gasteiger partial charge in [-0.3, -0.25) is 10.1 Å². The second-order valence-electron chi connectivity index (χ2n) is 11.5. The summed E-state index contributed by atoms with van der Waals surface area (Å²) in [6.07, 6.45) is 4.14. The lowest BCUT2D eigenvalue weighted by atomic mass is 9.93. The third-order valence-electron chi connectivity index (χ3n) is 7.17. The maximum absolute atomic E-state index is 12.2. The van der Waals surface area contributed by atoms with Gasteiger partial charge in [-0.1, -0.05) is 11.3 Å². The Bertz CT molecular complexity index is 1580. The third kappa shape index (κ3) is 5.43. The molecule has 2 aliphatic rings. The van der Waals surface area contributed by atoms with Crippen molar-refractivity contribution in [2.45, 2.75) is 65.0 Å². The van der Waals surface area contributed by atoms with Gasteiger partial charge in [0.15, 0.2) is 5.13 Å². The average molecular weight is 548 g/mol. The summed E-state index contributed by atoms with van der Waals surface area (Å²) >= 11 is 1.40. The van der Waals surface area contributed by atoms with Crippen LogP contribution in [0.4, 0.5) is 9.93 Å². The van der Waals surface area contributed by atoms with E-state index in [2.05, 4.69) is 33.1 Å². The standard InChI is InChI=1S/C29H33N5O4S/c1-29(2,3)38-28(36)33-27-32-20-9-8-18(15-23(20)39-27)26-31-21-13-16(12-19(25(30)35)17-6-7-17)14-22-24(21)34(26)10-4-5-11-37-22/h8-9,13-15,17,19H,4-7,10-12H2,1-3H3,(H2,30,35)(H,32,33,36)/t19-/m0/s1. The van der Waals surface area contributed by atoms with Crippen LogP contribution in [0.1, 0.15) is 52.0 Å². The minimum absolute atomic E-state index is 0.151.